The number of hydrogen-bond acceptors (Lipinski definition) is 7. The number of ether oxygens (including phenoxy) is 1. The highest BCUT2D eigenvalue weighted by atomic mass is 16.5. The van der Waals surface area contributed by atoms with Crippen molar-refractivity contribution < 1.29 is 9.53 Å². The SMILES string of the molecule is COc1nc(N2CCC(=O)CC2)ccc1-c1nc2c(c(C3CCCCC3)nn2C)c(=O)[nH]1. The van der Waals surface area contributed by atoms with E-state index in [1.807, 2.05) is 19.2 Å². The molecular weight excluding hydrogens is 408 g/mol. The second-order valence-corrected chi connectivity index (χ2v) is 8.71. The molecule has 3 aromatic heterocycles. The van der Waals surface area contributed by atoms with Gasteiger partial charge in [0.2, 0.25) is 5.88 Å². The summed E-state index contributed by atoms with van der Waals surface area (Å²) < 4.78 is 7.25. The number of carbonyl (C=O) groups excluding carboxylic acids is 1. The largest absolute Gasteiger partial charge is 0.480 e. The first-order valence-electron chi connectivity index (χ1n) is 11.3. The number of fused-ring (bicyclic) bond motifs is 1. The van der Waals surface area contributed by atoms with E-state index in [-0.39, 0.29) is 11.3 Å². The number of aromatic nitrogens is 5. The summed E-state index contributed by atoms with van der Waals surface area (Å²) in [4.78, 5) is 39.1. The van der Waals surface area contributed by atoms with Gasteiger partial charge in [0.15, 0.2) is 5.65 Å². The van der Waals surface area contributed by atoms with Crippen molar-refractivity contribution in [3.8, 4) is 17.3 Å². The lowest BCUT2D eigenvalue weighted by Gasteiger charge is -2.27. The lowest BCUT2D eigenvalue weighted by Crippen LogP contribution is -2.34. The smallest absolute Gasteiger partial charge is 0.262 e. The summed E-state index contributed by atoms with van der Waals surface area (Å²) in [5.74, 6) is 2.14. The number of aryl methyl sites for hydroxylation is 1. The molecule has 168 valence electrons. The average Bonchev–Trinajstić information content (AvgIpc) is 3.16. The Labute approximate surface area is 185 Å². The van der Waals surface area contributed by atoms with Crippen LogP contribution >= 0.6 is 0 Å². The maximum atomic E-state index is 13.1. The zero-order chi connectivity index (χ0) is 22.2. The lowest BCUT2D eigenvalue weighted by atomic mass is 9.86. The highest BCUT2D eigenvalue weighted by Crippen LogP contribution is 2.35. The van der Waals surface area contributed by atoms with Gasteiger partial charge in [0.25, 0.3) is 5.56 Å². The molecule has 5 rings (SSSR count). The molecule has 0 spiro atoms. The quantitative estimate of drug-likeness (QED) is 0.670. The summed E-state index contributed by atoms with van der Waals surface area (Å²) in [7, 11) is 3.39. The van der Waals surface area contributed by atoms with Crippen molar-refractivity contribution in [3.63, 3.8) is 0 Å². The Hall–Kier alpha value is -3.23. The number of piperidine rings is 1. The predicted octanol–water partition coefficient (Wildman–Crippen LogP) is 2.94. The summed E-state index contributed by atoms with van der Waals surface area (Å²) in [6.07, 6.45) is 6.78. The third kappa shape index (κ3) is 3.65. The first kappa shape index (κ1) is 20.7. The van der Waals surface area contributed by atoms with Crippen LogP contribution in [0.2, 0.25) is 0 Å². The average molecular weight is 437 g/mol. The van der Waals surface area contributed by atoms with Gasteiger partial charge in [-0.05, 0) is 25.0 Å². The van der Waals surface area contributed by atoms with Crippen LogP contribution in [-0.4, -0.2) is 50.7 Å². The molecule has 9 nitrogen and oxygen atoms in total. The molecule has 1 aliphatic heterocycles. The van der Waals surface area contributed by atoms with E-state index in [1.54, 1.807) is 11.8 Å². The van der Waals surface area contributed by atoms with E-state index in [0.29, 0.717) is 60.2 Å². The van der Waals surface area contributed by atoms with Crippen LogP contribution in [0.1, 0.15) is 56.6 Å². The molecule has 2 fully saturated rings. The van der Waals surface area contributed by atoms with Crippen molar-refractivity contribution in [2.45, 2.75) is 50.9 Å². The molecule has 0 radical (unpaired) electrons. The van der Waals surface area contributed by atoms with Gasteiger partial charge in [0.1, 0.15) is 22.8 Å². The zero-order valence-corrected chi connectivity index (χ0v) is 18.6. The number of H-pyrrole nitrogens is 1. The van der Waals surface area contributed by atoms with Gasteiger partial charge in [-0.1, -0.05) is 19.3 Å². The topological polar surface area (TPSA) is 106 Å². The van der Waals surface area contributed by atoms with Gasteiger partial charge < -0.3 is 14.6 Å². The van der Waals surface area contributed by atoms with Crippen LogP contribution in [0.5, 0.6) is 5.88 Å². The van der Waals surface area contributed by atoms with E-state index < -0.39 is 0 Å². The van der Waals surface area contributed by atoms with E-state index in [4.69, 9.17) is 9.72 Å². The van der Waals surface area contributed by atoms with Crippen LogP contribution in [0.3, 0.4) is 0 Å². The van der Waals surface area contributed by atoms with E-state index >= 15 is 0 Å². The predicted molar refractivity (Wildman–Crippen MR) is 121 cm³/mol. The molecule has 0 aromatic carbocycles. The summed E-state index contributed by atoms with van der Waals surface area (Å²) in [6.45, 7) is 1.29. The standard InChI is InChI=1S/C23H28N6O3/c1-28-21-18(19(27-28)14-6-4-3-5-7-14)22(31)26-20(25-21)16-8-9-17(24-23(16)32-2)29-12-10-15(30)11-13-29/h8-9,14H,3-7,10-13H2,1-2H3,(H,25,26,31). The van der Waals surface area contributed by atoms with Gasteiger partial charge in [0.05, 0.1) is 18.4 Å². The number of carbonyl (C=O) groups is 1. The molecule has 1 saturated carbocycles. The van der Waals surface area contributed by atoms with Gasteiger partial charge in [-0.25, -0.2) is 9.67 Å². The third-order valence-corrected chi connectivity index (χ3v) is 6.65. The minimum absolute atomic E-state index is 0.181. The fraction of sp³-hybridized carbons (Fsp3) is 0.522. The third-order valence-electron chi connectivity index (χ3n) is 6.65. The number of aromatic amines is 1. The molecule has 32 heavy (non-hydrogen) atoms. The maximum Gasteiger partial charge on any atom is 0.262 e. The number of nitrogens with zero attached hydrogens (tertiary/aromatic N) is 5. The van der Waals surface area contributed by atoms with Crippen LogP contribution in [-0.2, 0) is 11.8 Å². The van der Waals surface area contributed by atoms with Crippen molar-refractivity contribution in [2.24, 2.45) is 7.05 Å². The second kappa shape index (κ2) is 8.37. The zero-order valence-electron chi connectivity index (χ0n) is 18.6. The van der Waals surface area contributed by atoms with Crippen molar-refractivity contribution in [2.75, 3.05) is 25.1 Å². The maximum absolute atomic E-state index is 13.1. The van der Waals surface area contributed by atoms with E-state index in [1.165, 1.54) is 19.3 Å². The minimum atomic E-state index is -0.181. The number of rotatable bonds is 4. The number of anilines is 1. The Kier molecular flexibility index (Phi) is 5.40. The lowest BCUT2D eigenvalue weighted by molar-refractivity contribution is -0.119. The van der Waals surface area contributed by atoms with E-state index in [0.717, 1.165) is 24.4 Å². The van der Waals surface area contributed by atoms with Gasteiger partial charge >= 0.3 is 0 Å². The molecule has 1 saturated heterocycles. The van der Waals surface area contributed by atoms with E-state index in [9.17, 15) is 9.59 Å². The number of hydrogen-bond donors (Lipinski definition) is 1. The van der Waals surface area contributed by atoms with Crippen LogP contribution in [0.15, 0.2) is 16.9 Å². The van der Waals surface area contributed by atoms with Gasteiger partial charge in [-0.2, -0.15) is 10.1 Å². The van der Waals surface area contributed by atoms with Crippen LogP contribution < -0.4 is 15.2 Å². The Morgan fingerprint density at radius 3 is 2.53 bits per heavy atom. The summed E-state index contributed by atoms with van der Waals surface area (Å²) in [5, 5.41) is 5.27. The Balaban J connectivity index is 1.54. The van der Waals surface area contributed by atoms with Crippen LogP contribution in [0, 0.1) is 0 Å². The fourth-order valence-corrected chi connectivity index (χ4v) is 4.90. The number of methoxy groups -OCH3 is 1. The number of Topliss-reactive ketones (excluding diaryl/α,β-unsaturated/α-hetero) is 1. The van der Waals surface area contributed by atoms with Crippen molar-refractivity contribution in [3.05, 3.63) is 28.2 Å². The summed E-state index contributed by atoms with van der Waals surface area (Å²) >= 11 is 0. The Morgan fingerprint density at radius 1 is 1.06 bits per heavy atom. The van der Waals surface area contributed by atoms with Gasteiger partial charge in [0, 0.05) is 38.9 Å². The number of pyridine rings is 1. The highest BCUT2D eigenvalue weighted by molar-refractivity contribution is 5.81. The number of nitrogens with one attached hydrogen (secondary N) is 1. The molecule has 1 aliphatic carbocycles. The molecule has 9 heteroatoms. The Morgan fingerprint density at radius 2 is 1.81 bits per heavy atom. The van der Waals surface area contributed by atoms with Crippen molar-refractivity contribution in [1.29, 1.82) is 0 Å². The summed E-state index contributed by atoms with van der Waals surface area (Å²) in [5.41, 5.74) is 1.87. The Bertz CT molecular complexity index is 1210. The monoisotopic (exact) mass is 436 g/mol. The molecular formula is C23H28N6O3. The first-order valence-corrected chi connectivity index (χ1v) is 11.3. The molecule has 1 N–H and O–H groups in total. The molecule has 2 aliphatic rings. The molecule has 3 aromatic rings. The molecule has 0 unspecified atom stereocenters. The molecule has 4 heterocycles. The van der Waals surface area contributed by atoms with E-state index in [2.05, 4.69) is 20.0 Å². The molecule has 0 atom stereocenters. The summed E-state index contributed by atoms with van der Waals surface area (Å²) in [6, 6.07) is 3.74. The number of ketones is 1. The van der Waals surface area contributed by atoms with Crippen molar-refractivity contribution >= 4 is 22.6 Å². The minimum Gasteiger partial charge on any atom is -0.480 e. The van der Waals surface area contributed by atoms with Crippen molar-refractivity contribution in [1.82, 2.24) is 24.7 Å². The van der Waals surface area contributed by atoms with Gasteiger partial charge in [-0.3, -0.25) is 9.59 Å². The first-order chi connectivity index (χ1) is 15.5. The second-order valence-electron chi connectivity index (χ2n) is 8.71. The fourth-order valence-electron chi connectivity index (χ4n) is 4.90. The normalized spacial score (nSPS) is 17.8. The van der Waals surface area contributed by atoms with Gasteiger partial charge in [-0.15, -0.1) is 0 Å². The molecule has 0 bridgehead atoms. The highest BCUT2D eigenvalue weighted by Gasteiger charge is 2.25. The molecule has 0 amide bonds. The van der Waals surface area contributed by atoms with Crippen LogP contribution in [0.25, 0.3) is 22.4 Å². The van der Waals surface area contributed by atoms with Crippen LogP contribution in [0.4, 0.5) is 5.82 Å².